The first kappa shape index (κ1) is 14.2. The number of hydrogen-bond acceptors (Lipinski definition) is 5. The van der Waals surface area contributed by atoms with Crippen molar-refractivity contribution < 1.29 is 9.52 Å². The first-order chi connectivity index (χ1) is 9.23. The number of nitrogens with one attached hydrogen (secondary N) is 1. The van der Waals surface area contributed by atoms with Gasteiger partial charge in [0.2, 0.25) is 0 Å². The van der Waals surface area contributed by atoms with Gasteiger partial charge in [-0.05, 0) is 25.0 Å². The molecule has 2 aromatic rings. The number of rotatable bonds is 7. The maximum atomic E-state index is 9.51. The highest BCUT2D eigenvalue weighted by Gasteiger charge is 2.24. The molecule has 2 rings (SSSR count). The minimum atomic E-state index is -0.200. The van der Waals surface area contributed by atoms with Gasteiger partial charge in [-0.2, -0.15) is 0 Å². The summed E-state index contributed by atoms with van der Waals surface area (Å²) in [6.07, 6.45) is 3.45. The summed E-state index contributed by atoms with van der Waals surface area (Å²) in [4.78, 5) is 4.54. The Bertz CT molecular complexity index is 481. The van der Waals surface area contributed by atoms with Crippen LogP contribution in [0.4, 0.5) is 0 Å². The molecule has 19 heavy (non-hydrogen) atoms. The lowest BCUT2D eigenvalue weighted by atomic mass is 9.94. The number of hydrogen-bond donors (Lipinski definition) is 2. The molecule has 0 radical (unpaired) electrons. The molecule has 0 bridgehead atoms. The normalized spacial score (nSPS) is 11.9. The van der Waals surface area contributed by atoms with Crippen LogP contribution in [0.3, 0.4) is 0 Å². The maximum absolute atomic E-state index is 9.51. The molecule has 0 unspecified atom stereocenters. The monoisotopic (exact) mass is 280 g/mol. The molecule has 0 saturated heterocycles. The van der Waals surface area contributed by atoms with Gasteiger partial charge in [0.1, 0.15) is 0 Å². The van der Waals surface area contributed by atoms with Crippen molar-refractivity contribution in [3.63, 3.8) is 0 Å². The fourth-order valence-corrected chi connectivity index (χ4v) is 2.75. The van der Waals surface area contributed by atoms with Gasteiger partial charge in [-0.15, -0.1) is 11.3 Å². The molecule has 0 saturated carbocycles. The van der Waals surface area contributed by atoms with Crippen molar-refractivity contribution >= 4 is 11.3 Å². The first-order valence-electron chi connectivity index (χ1n) is 6.57. The Hall–Kier alpha value is -1.17. The van der Waals surface area contributed by atoms with Gasteiger partial charge in [0.05, 0.1) is 18.6 Å². The molecule has 0 spiro atoms. The van der Waals surface area contributed by atoms with Crippen molar-refractivity contribution in [1.82, 2.24) is 10.3 Å². The summed E-state index contributed by atoms with van der Waals surface area (Å²) in [7, 11) is 0. The van der Waals surface area contributed by atoms with Crippen LogP contribution in [-0.4, -0.2) is 22.2 Å². The second kappa shape index (κ2) is 6.32. The fraction of sp³-hybridized carbons (Fsp3) is 0.500. The maximum Gasteiger partial charge on any atom is 0.162 e. The number of aromatic nitrogens is 1. The van der Waals surface area contributed by atoms with E-state index in [1.54, 1.807) is 17.6 Å². The van der Waals surface area contributed by atoms with Gasteiger partial charge in [0.15, 0.2) is 10.8 Å². The summed E-state index contributed by atoms with van der Waals surface area (Å²) in [5.41, 5.74) is 0.783. The van der Waals surface area contributed by atoms with E-state index < -0.39 is 0 Å². The topological polar surface area (TPSA) is 58.3 Å². The van der Waals surface area contributed by atoms with E-state index in [0.29, 0.717) is 6.54 Å². The van der Waals surface area contributed by atoms with Crippen LogP contribution in [0.15, 0.2) is 28.2 Å². The molecule has 104 valence electrons. The highest BCUT2D eigenvalue weighted by Crippen LogP contribution is 2.24. The van der Waals surface area contributed by atoms with E-state index in [1.807, 2.05) is 17.5 Å². The van der Waals surface area contributed by atoms with Crippen molar-refractivity contribution in [2.45, 2.75) is 38.8 Å². The van der Waals surface area contributed by atoms with Crippen LogP contribution in [0.25, 0.3) is 10.8 Å². The van der Waals surface area contributed by atoms with E-state index in [4.69, 9.17) is 4.42 Å². The van der Waals surface area contributed by atoms with Crippen molar-refractivity contribution in [1.29, 1.82) is 0 Å². The fourth-order valence-electron chi connectivity index (χ4n) is 1.96. The van der Waals surface area contributed by atoms with E-state index >= 15 is 0 Å². The summed E-state index contributed by atoms with van der Waals surface area (Å²) in [6, 6.07) is 3.77. The molecule has 0 aliphatic rings. The molecule has 2 heterocycles. The lowest BCUT2D eigenvalue weighted by Crippen LogP contribution is -2.47. The third-order valence-corrected chi connectivity index (χ3v) is 4.49. The number of furan rings is 1. The highest BCUT2D eigenvalue weighted by atomic mass is 32.1. The number of aliphatic hydroxyl groups is 1. The minimum absolute atomic E-state index is 0.148. The van der Waals surface area contributed by atoms with E-state index in [-0.39, 0.29) is 12.1 Å². The van der Waals surface area contributed by atoms with Crippen LogP contribution in [-0.2, 0) is 6.54 Å². The van der Waals surface area contributed by atoms with Crippen LogP contribution in [0, 0.1) is 0 Å². The van der Waals surface area contributed by atoms with E-state index in [0.717, 1.165) is 29.3 Å². The zero-order chi connectivity index (χ0) is 13.7. The van der Waals surface area contributed by atoms with Crippen LogP contribution in [0.5, 0.6) is 0 Å². The Kier molecular flexibility index (Phi) is 4.74. The lowest BCUT2D eigenvalue weighted by molar-refractivity contribution is 0.149. The zero-order valence-electron chi connectivity index (χ0n) is 11.3. The van der Waals surface area contributed by atoms with Crippen LogP contribution < -0.4 is 5.32 Å². The summed E-state index contributed by atoms with van der Waals surface area (Å²) in [5, 5.41) is 15.9. The average molecular weight is 280 g/mol. The van der Waals surface area contributed by atoms with Crippen LogP contribution in [0.2, 0.25) is 0 Å². The number of nitrogens with zero attached hydrogens (tertiary/aromatic N) is 1. The summed E-state index contributed by atoms with van der Waals surface area (Å²) < 4.78 is 5.33. The van der Waals surface area contributed by atoms with Crippen LogP contribution in [0.1, 0.15) is 32.4 Å². The molecule has 0 aliphatic carbocycles. The largest absolute Gasteiger partial charge is 0.462 e. The second-order valence-corrected chi connectivity index (χ2v) is 5.48. The standard InChI is InChI=1S/C14H20N2O2S/c1-3-14(4-2,10-17)15-8-11-9-19-13(16-11)12-6-5-7-18-12/h5-7,9,15,17H,3-4,8,10H2,1-2H3. The Morgan fingerprint density at radius 3 is 2.79 bits per heavy atom. The van der Waals surface area contributed by atoms with Gasteiger partial charge >= 0.3 is 0 Å². The molecule has 0 aromatic carbocycles. The molecule has 0 atom stereocenters. The summed E-state index contributed by atoms with van der Waals surface area (Å²) >= 11 is 1.57. The molecular weight excluding hydrogens is 260 g/mol. The molecule has 4 nitrogen and oxygen atoms in total. The van der Waals surface area contributed by atoms with Gasteiger partial charge < -0.3 is 14.8 Å². The minimum Gasteiger partial charge on any atom is -0.462 e. The quantitative estimate of drug-likeness (QED) is 0.818. The number of thiazole rings is 1. The van der Waals surface area contributed by atoms with Crippen molar-refractivity contribution in [3.05, 3.63) is 29.5 Å². The molecular formula is C14H20N2O2S. The van der Waals surface area contributed by atoms with Gasteiger partial charge in [0.25, 0.3) is 0 Å². The van der Waals surface area contributed by atoms with E-state index in [9.17, 15) is 5.11 Å². The Morgan fingerprint density at radius 2 is 2.21 bits per heavy atom. The van der Waals surface area contributed by atoms with E-state index in [1.165, 1.54) is 0 Å². The van der Waals surface area contributed by atoms with Crippen molar-refractivity contribution in [2.24, 2.45) is 0 Å². The van der Waals surface area contributed by atoms with Gasteiger partial charge in [-0.25, -0.2) is 4.98 Å². The average Bonchev–Trinajstić information content (AvgIpc) is 3.12. The molecule has 2 aromatic heterocycles. The Morgan fingerprint density at radius 1 is 1.42 bits per heavy atom. The third-order valence-electron chi connectivity index (χ3n) is 3.58. The number of aliphatic hydroxyl groups excluding tert-OH is 1. The van der Waals surface area contributed by atoms with Gasteiger partial charge in [0, 0.05) is 17.5 Å². The first-order valence-corrected chi connectivity index (χ1v) is 7.45. The molecule has 2 N–H and O–H groups in total. The lowest BCUT2D eigenvalue weighted by Gasteiger charge is -2.30. The van der Waals surface area contributed by atoms with E-state index in [2.05, 4.69) is 24.1 Å². The highest BCUT2D eigenvalue weighted by molar-refractivity contribution is 7.13. The van der Waals surface area contributed by atoms with Crippen LogP contribution >= 0.6 is 11.3 Å². The zero-order valence-corrected chi connectivity index (χ0v) is 12.2. The molecule has 0 amide bonds. The smallest absolute Gasteiger partial charge is 0.162 e. The molecule has 5 heteroatoms. The Balaban J connectivity index is 2.01. The summed E-state index contributed by atoms with van der Waals surface area (Å²) in [6.45, 7) is 4.98. The second-order valence-electron chi connectivity index (χ2n) is 4.62. The molecule has 0 aliphatic heterocycles. The van der Waals surface area contributed by atoms with Crippen molar-refractivity contribution in [3.8, 4) is 10.8 Å². The van der Waals surface area contributed by atoms with Crippen molar-refractivity contribution in [2.75, 3.05) is 6.61 Å². The SMILES string of the molecule is CCC(CC)(CO)NCc1csc(-c2ccco2)n1. The predicted octanol–water partition coefficient (Wildman–Crippen LogP) is 3.04. The molecule has 0 fully saturated rings. The predicted molar refractivity (Wildman–Crippen MR) is 77.1 cm³/mol. The van der Waals surface area contributed by atoms with Gasteiger partial charge in [-0.1, -0.05) is 13.8 Å². The summed E-state index contributed by atoms with van der Waals surface area (Å²) in [5.74, 6) is 0.802. The Labute approximate surface area is 117 Å². The third kappa shape index (κ3) is 3.23. The van der Waals surface area contributed by atoms with Gasteiger partial charge in [-0.3, -0.25) is 0 Å².